The largest absolute Gasteiger partial charge is 0.353 e. The van der Waals surface area contributed by atoms with Gasteiger partial charge in [-0.05, 0) is 39.0 Å². The fourth-order valence-corrected chi connectivity index (χ4v) is 3.41. The van der Waals surface area contributed by atoms with Crippen molar-refractivity contribution in [1.82, 2.24) is 0 Å². The lowest BCUT2D eigenvalue weighted by Gasteiger charge is -2.19. The van der Waals surface area contributed by atoms with Crippen LogP contribution in [0.4, 0.5) is 0 Å². The summed E-state index contributed by atoms with van der Waals surface area (Å²) >= 11 is 0. The first-order chi connectivity index (χ1) is 12.8. The van der Waals surface area contributed by atoms with E-state index in [0.717, 1.165) is 26.1 Å². The highest BCUT2D eigenvalue weighted by Gasteiger charge is 2.16. The third-order valence-electron chi connectivity index (χ3n) is 5.46. The molecule has 0 unspecified atom stereocenters. The third kappa shape index (κ3) is 13.8. The number of unbranched alkanes of at least 4 members (excludes halogenated alkanes) is 10. The van der Waals surface area contributed by atoms with E-state index in [4.69, 9.17) is 9.47 Å². The molecule has 0 bridgehead atoms. The molecule has 1 aliphatic carbocycles. The third-order valence-corrected chi connectivity index (χ3v) is 5.46. The highest BCUT2D eigenvalue weighted by Crippen LogP contribution is 2.33. The van der Waals surface area contributed by atoms with Gasteiger partial charge in [0.25, 0.3) is 0 Å². The quantitative estimate of drug-likeness (QED) is 0.131. The molecule has 0 atom stereocenters. The van der Waals surface area contributed by atoms with E-state index in [1.54, 1.807) is 11.1 Å². The van der Waals surface area contributed by atoms with Crippen LogP contribution in [-0.4, -0.2) is 19.5 Å². The van der Waals surface area contributed by atoms with Crippen LogP contribution in [0.3, 0.4) is 0 Å². The minimum absolute atomic E-state index is 0.00980. The second-order valence-corrected chi connectivity index (χ2v) is 8.13. The predicted molar refractivity (Wildman–Crippen MR) is 114 cm³/mol. The van der Waals surface area contributed by atoms with Crippen molar-refractivity contribution < 1.29 is 9.47 Å². The van der Waals surface area contributed by atoms with Crippen molar-refractivity contribution >= 4 is 0 Å². The van der Waals surface area contributed by atoms with Crippen LogP contribution < -0.4 is 0 Å². The Morgan fingerprint density at radius 1 is 0.731 bits per heavy atom. The molecule has 0 spiro atoms. The van der Waals surface area contributed by atoms with Crippen LogP contribution >= 0.6 is 0 Å². The zero-order chi connectivity index (χ0) is 18.9. The van der Waals surface area contributed by atoms with Gasteiger partial charge in [-0.15, -0.1) is 0 Å². The van der Waals surface area contributed by atoms with Crippen LogP contribution in [0.15, 0.2) is 11.1 Å². The molecular formula is C24H46O2. The van der Waals surface area contributed by atoms with Crippen molar-refractivity contribution in [2.24, 2.45) is 0 Å². The summed E-state index contributed by atoms with van der Waals surface area (Å²) in [6, 6.07) is 0. The monoisotopic (exact) mass is 366 g/mol. The van der Waals surface area contributed by atoms with Crippen LogP contribution in [0.5, 0.6) is 0 Å². The molecule has 0 amide bonds. The van der Waals surface area contributed by atoms with Crippen molar-refractivity contribution in [1.29, 1.82) is 0 Å². The predicted octanol–water partition coefficient (Wildman–Crippen LogP) is 7.96. The van der Waals surface area contributed by atoms with Gasteiger partial charge in [-0.2, -0.15) is 0 Å². The highest BCUT2D eigenvalue weighted by molar-refractivity contribution is 5.23. The summed E-state index contributed by atoms with van der Waals surface area (Å²) in [6.07, 6.45) is 20.6. The summed E-state index contributed by atoms with van der Waals surface area (Å²) in [5, 5.41) is 0. The highest BCUT2D eigenvalue weighted by atomic mass is 16.7. The van der Waals surface area contributed by atoms with Crippen molar-refractivity contribution in [3.05, 3.63) is 11.1 Å². The van der Waals surface area contributed by atoms with Crippen molar-refractivity contribution in [3.63, 3.8) is 0 Å². The molecule has 0 aliphatic heterocycles. The maximum absolute atomic E-state index is 6.10. The zero-order valence-electron chi connectivity index (χ0n) is 18.1. The second kappa shape index (κ2) is 16.8. The molecule has 26 heavy (non-hydrogen) atoms. The summed E-state index contributed by atoms with van der Waals surface area (Å²) in [5.74, 6) is 0. The second-order valence-electron chi connectivity index (χ2n) is 8.13. The summed E-state index contributed by atoms with van der Waals surface area (Å²) in [5.41, 5.74) is 3.26. The lowest BCUT2D eigenvalue weighted by molar-refractivity contribution is -0.146. The van der Waals surface area contributed by atoms with Gasteiger partial charge in [0.1, 0.15) is 0 Å². The molecule has 0 radical (unpaired) electrons. The molecule has 154 valence electrons. The molecular weight excluding hydrogens is 320 g/mol. The van der Waals surface area contributed by atoms with E-state index in [1.807, 2.05) is 0 Å². The number of allylic oxidation sites excluding steroid dienone is 2. The van der Waals surface area contributed by atoms with Gasteiger partial charge in [-0.25, -0.2) is 0 Å². The van der Waals surface area contributed by atoms with Gasteiger partial charge in [-0.3, -0.25) is 0 Å². The topological polar surface area (TPSA) is 18.5 Å². The van der Waals surface area contributed by atoms with Crippen LogP contribution in [0.2, 0.25) is 0 Å². The number of ether oxygens (including phenoxy) is 2. The summed E-state index contributed by atoms with van der Waals surface area (Å²) in [7, 11) is 0. The van der Waals surface area contributed by atoms with Gasteiger partial charge < -0.3 is 9.47 Å². The molecule has 0 aromatic rings. The van der Waals surface area contributed by atoms with Crippen molar-refractivity contribution in [2.45, 2.75) is 130 Å². The minimum Gasteiger partial charge on any atom is -0.353 e. The molecule has 1 aliphatic rings. The molecule has 0 aromatic carbocycles. The Balaban J connectivity index is 2.13. The van der Waals surface area contributed by atoms with Crippen molar-refractivity contribution in [3.8, 4) is 0 Å². The Morgan fingerprint density at radius 3 is 1.65 bits per heavy atom. The maximum Gasteiger partial charge on any atom is 0.157 e. The van der Waals surface area contributed by atoms with Gasteiger partial charge in [0.05, 0.1) is 0 Å². The summed E-state index contributed by atoms with van der Waals surface area (Å²) in [6.45, 7) is 8.56. The van der Waals surface area contributed by atoms with Gasteiger partial charge >= 0.3 is 0 Å². The molecule has 0 saturated heterocycles. The zero-order valence-corrected chi connectivity index (χ0v) is 18.1. The Bertz CT molecular complexity index is 324. The standard InChI is InChI=1S/C24H46O2/c1-4-6-8-10-12-14-20-25-24(19-16-22(3)23-17-18-23)26-21-15-13-11-9-7-5-2/h24H,4-21H2,1-3H3. The molecule has 1 saturated carbocycles. The van der Waals surface area contributed by atoms with Gasteiger partial charge in [0, 0.05) is 19.6 Å². The van der Waals surface area contributed by atoms with E-state index < -0.39 is 0 Å². The Kier molecular flexibility index (Phi) is 15.3. The number of rotatable bonds is 19. The van der Waals surface area contributed by atoms with Crippen LogP contribution in [0.1, 0.15) is 124 Å². The van der Waals surface area contributed by atoms with Crippen LogP contribution in [0, 0.1) is 0 Å². The van der Waals surface area contributed by atoms with E-state index in [9.17, 15) is 0 Å². The first-order valence-electron chi connectivity index (χ1n) is 11.7. The molecule has 0 aromatic heterocycles. The maximum atomic E-state index is 6.10. The smallest absolute Gasteiger partial charge is 0.157 e. The van der Waals surface area contributed by atoms with Crippen molar-refractivity contribution in [2.75, 3.05) is 13.2 Å². The average molecular weight is 367 g/mol. The Labute approximate surface area is 164 Å². The number of hydrogen-bond acceptors (Lipinski definition) is 2. The molecule has 2 heteroatoms. The van der Waals surface area contributed by atoms with E-state index in [-0.39, 0.29) is 6.29 Å². The average Bonchev–Trinajstić information content (AvgIpc) is 3.49. The summed E-state index contributed by atoms with van der Waals surface area (Å²) in [4.78, 5) is 0. The van der Waals surface area contributed by atoms with Gasteiger partial charge in [-0.1, -0.05) is 89.2 Å². The van der Waals surface area contributed by atoms with Crippen LogP contribution in [-0.2, 0) is 9.47 Å². The Hall–Kier alpha value is -0.340. The molecule has 0 N–H and O–H groups in total. The fourth-order valence-electron chi connectivity index (χ4n) is 3.41. The normalized spacial score (nSPS) is 13.6. The SMILES string of the molecule is CCCCCCCCOC(CCC(C)=C1CC1)OCCCCCCCC. The lowest BCUT2D eigenvalue weighted by Crippen LogP contribution is -2.19. The fraction of sp³-hybridized carbons (Fsp3) is 0.917. The van der Waals surface area contributed by atoms with E-state index >= 15 is 0 Å². The first-order valence-corrected chi connectivity index (χ1v) is 11.7. The van der Waals surface area contributed by atoms with Gasteiger partial charge in [0.2, 0.25) is 0 Å². The van der Waals surface area contributed by atoms with Gasteiger partial charge in [0.15, 0.2) is 6.29 Å². The lowest BCUT2D eigenvalue weighted by atomic mass is 10.1. The summed E-state index contributed by atoms with van der Waals surface area (Å²) < 4.78 is 12.2. The minimum atomic E-state index is 0.00980. The molecule has 2 nitrogen and oxygen atoms in total. The molecule has 1 fully saturated rings. The Morgan fingerprint density at radius 2 is 1.19 bits per heavy atom. The molecule has 0 heterocycles. The molecule has 1 rings (SSSR count). The van der Waals surface area contributed by atoms with E-state index in [1.165, 1.54) is 89.9 Å². The van der Waals surface area contributed by atoms with E-state index in [0.29, 0.717) is 0 Å². The van der Waals surface area contributed by atoms with E-state index in [2.05, 4.69) is 20.8 Å². The number of hydrogen-bond donors (Lipinski definition) is 0. The van der Waals surface area contributed by atoms with Crippen LogP contribution in [0.25, 0.3) is 0 Å². The first kappa shape index (κ1) is 23.7.